The van der Waals surface area contributed by atoms with Gasteiger partial charge in [-0.3, -0.25) is 4.90 Å². The van der Waals surface area contributed by atoms with Gasteiger partial charge in [-0.15, -0.1) is 0 Å². The fourth-order valence-electron chi connectivity index (χ4n) is 2.22. The molecule has 1 rings (SSSR count). The Morgan fingerprint density at radius 1 is 1.50 bits per heavy atom. The maximum atomic E-state index is 2.57. The summed E-state index contributed by atoms with van der Waals surface area (Å²) in [5.74, 6) is 0.866. The van der Waals surface area contributed by atoms with Gasteiger partial charge >= 0.3 is 0 Å². The molecule has 0 N–H and O–H groups in total. The van der Waals surface area contributed by atoms with Crippen molar-refractivity contribution >= 4 is 0 Å². The predicted octanol–water partition coefficient (Wildman–Crippen LogP) is 2.68. The zero-order valence-corrected chi connectivity index (χ0v) is 8.80. The molecule has 70 valence electrons. The molecule has 1 fully saturated rings. The van der Waals surface area contributed by atoms with Crippen LogP contribution in [0.4, 0.5) is 0 Å². The molecule has 1 saturated heterocycles. The molecule has 0 saturated carbocycles. The van der Waals surface area contributed by atoms with Gasteiger partial charge in [0, 0.05) is 18.6 Å². The average Bonchev–Trinajstić information content (AvgIpc) is 2.20. The fraction of sp³-hybridized carbons (Fsp3) is 0.818. The van der Waals surface area contributed by atoms with Gasteiger partial charge in [-0.05, 0) is 33.1 Å². The summed E-state index contributed by atoms with van der Waals surface area (Å²) < 4.78 is 0. The van der Waals surface area contributed by atoms with E-state index >= 15 is 0 Å². The van der Waals surface area contributed by atoms with Crippen LogP contribution in [0.25, 0.3) is 0 Å². The van der Waals surface area contributed by atoms with E-state index in [1.54, 1.807) is 0 Å². The van der Waals surface area contributed by atoms with E-state index in [9.17, 15) is 0 Å². The normalized spacial score (nSPS) is 30.2. The standard InChI is InChI=1S/C11H21N/c1-5-6-7-12-9-10(2)8-11(12,3)4/h5-6,10H,7-9H2,1-4H3/b6-5+. The summed E-state index contributed by atoms with van der Waals surface area (Å²) in [7, 11) is 0. The molecule has 0 aliphatic carbocycles. The Kier molecular flexibility index (Phi) is 2.94. The van der Waals surface area contributed by atoms with Crippen LogP contribution < -0.4 is 0 Å². The summed E-state index contributed by atoms with van der Waals surface area (Å²) in [5, 5.41) is 0. The lowest BCUT2D eigenvalue weighted by molar-refractivity contribution is 0.194. The molecule has 1 unspecified atom stereocenters. The lowest BCUT2D eigenvalue weighted by Crippen LogP contribution is -2.38. The Morgan fingerprint density at radius 3 is 2.58 bits per heavy atom. The van der Waals surface area contributed by atoms with Crippen molar-refractivity contribution in [3.63, 3.8) is 0 Å². The smallest absolute Gasteiger partial charge is 0.0168 e. The summed E-state index contributed by atoms with van der Waals surface area (Å²) in [6.07, 6.45) is 5.73. The minimum Gasteiger partial charge on any atom is -0.294 e. The van der Waals surface area contributed by atoms with E-state index in [2.05, 4.69) is 44.7 Å². The first-order valence-electron chi connectivity index (χ1n) is 4.92. The summed E-state index contributed by atoms with van der Waals surface area (Å²) in [5.41, 5.74) is 0.416. The van der Waals surface area contributed by atoms with Crippen LogP contribution in [-0.2, 0) is 0 Å². The van der Waals surface area contributed by atoms with E-state index in [4.69, 9.17) is 0 Å². The number of allylic oxidation sites excluding steroid dienone is 1. The highest BCUT2D eigenvalue weighted by atomic mass is 15.2. The SMILES string of the molecule is C/C=C/CN1CC(C)CC1(C)C. The number of nitrogens with zero attached hydrogens (tertiary/aromatic N) is 1. The average molecular weight is 167 g/mol. The second-order valence-electron chi connectivity index (χ2n) is 4.60. The monoisotopic (exact) mass is 167 g/mol. The predicted molar refractivity (Wildman–Crippen MR) is 54.2 cm³/mol. The molecule has 1 heteroatoms. The van der Waals surface area contributed by atoms with Crippen molar-refractivity contribution in [1.29, 1.82) is 0 Å². The fourth-order valence-corrected chi connectivity index (χ4v) is 2.22. The molecular formula is C11H21N. The van der Waals surface area contributed by atoms with Gasteiger partial charge in [-0.1, -0.05) is 19.1 Å². The van der Waals surface area contributed by atoms with Crippen molar-refractivity contribution in [1.82, 2.24) is 4.90 Å². The first-order valence-corrected chi connectivity index (χ1v) is 4.92. The first kappa shape index (κ1) is 9.79. The van der Waals surface area contributed by atoms with Crippen LogP contribution in [0.2, 0.25) is 0 Å². The van der Waals surface area contributed by atoms with Crippen LogP contribution in [0.1, 0.15) is 34.1 Å². The molecule has 0 spiro atoms. The second-order valence-corrected chi connectivity index (χ2v) is 4.60. The third-order valence-corrected chi connectivity index (χ3v) is 2.80. The molecule has 1 atom stereocenters. The Morgan fingerprint density at radius 2 is 2.17 bits per heavy atom. The van der Waals surface area contributed by atoms with Crippen LogP contribution in [0.5, 0.6) is 0 Å². The van der Waals surface area contributed by atoms with Gasteiger partial charge in [0.05, 0.1) is 0 Å². The minimum atomic E-state index is 0.416. The van der Waals surface area contributed by atoms with Crippen molar-refractivity contribution in [3.8, 4) is 0 Å². The topological polar surface area (TPSA) is 3.24 Å². The highest BCUT2D eigenvalue weighted by molar-refractivity contribution is 4.95. The maximum absolute atomic E-state index is 2.57. The van der Waals surface area contributed by atoms with Gasteiger partial charge < -0.3 is 0 Å². The summed E-state index contributed by atoms with van der Waals surface area (Å²) >= 11 is 0. The molecular weight excluding hydrogens is 146 g/mol. The van der Waals surface area contributed by atoms with Crippen molar-refractivity contribution in [2.75, 3.05) is 13.1 Å². The Hall–Kier alpha value is -0.300. The number of hydrogen-bond donors (Lipinski definition) is 0. The largest absolute Gasteiger partial charge is 0.294 e. The van der Waals surface area contributed by atoms with E-state index in [-0.39, 0.29) is 0 Å². The Labute approximate surface area is 76.5 Å². The number of rotatable bonds is 2. The van der Waals surface area contributed by atoms with Gasteiger partial charge in [0.15, 0.2) is 0 Å². The van der Waals surface area contributed by atoms with Crippen molar-refractivity contribution in [2.24, 2.45) is 5.92 Å². The zero-order valence-electron chi connectivity index (χ0n) is 8.80. The summed E-state index contributed by atoms with van der Waals surface area (Å²) in [4.78, 5) is 2.57. The summed E-state index contributed by atoms with van der Waals surface area (Å²) in [6, 6.07) is 0. The second kappa shape index (κ2) is 3.61. The molecule has 0 bridgehead atoms. The van der Waals surface area contributed by atoms with Crippen molar-refractivity contribution < 1.29 is 0 Å². The Bertz CT molecular complexity index is 170. The number of hydrogen-bond acceptors (Lipinski definition) is 1. The van der Waals surface area contributed by atoms with Crippen LogP contribution >= 0.6 is 0 Å². The zero-order chi connectivity index (χ0) is 9.19. The molecule has 0 aromatic carbocycles. The van der Waals surface area contributed by atoms with Gasteiger partial charge in [0.2, 0.25) is 0 Å². The minimum absolute atomic E-state index is 0.416. The van der Waals surface area contributed by atoms with Gasteiger partial charge in [-0.2, -0.15) is 0 Å². The molecule has 0 aromatic rings. The van der Waals surface area contributed by atoms with E-state index in [0.717, 1.165) is 12.5 Å². The maximum Gasteiger partial charge on any atom is 0.0168 e. The molecule has 0 radical (unpaired) electrons. The third kappa shape index (κ3) is 2.10. The van der Waals surface area contributed by atoms with E-state index in [0.29, 0.717) is 5.54 Å². The molecule has 1 aliphatic heterocycles. The van der Waals surface area contributed by atoms with E-state index in [1.165, 1.54) is 13.0 Å². The Balaban J connectivity index is 2.53. The number of likely N-dealkylation sites (tertiary alicyclic amines) is 1. The van der Waals surface area contributed by atoms with Gasteiger partial charge in [0.1, 0.15) is 0 Å². The summed E-state index contributed by atoms with van der Waals surface area (Å²) in [6.45, 7) is 11.5. The van der Waals surface area contributed by atoms with Crippen molar-refractivity contribution in [3.05, 3.63) is 12.2 Å². The first-order chi connectivity index (χ1) is 5.56. The lowest BCUT2D eigenvalue weighted by atomic mass is 9.98. The molecule has 1 heterocycles. The van der Waals surface area contributed by atoms with Gasteiger partial charge in [0.25, 0.3) is 0 Å². The van der Waals surface area contributed by atoms with E-state index < -0.39 is 0 Å². The third-order valence-electron chi connectivity index (χ3n) is 2.80. The molecule has 1 aliphatic rings. The quantitative estimate of drug-likeness (QED) is 0.572. The highest BCUT2D eigenvalue weighted by Gasteiger charge is 2.34. The lowest BCUT2D eigenvalue weighted by Gasteiger charge is -2.30. The molecule has 0 aromatic heterocycles. The van der Waals surface area contributed by atoms with Crippen LogP contribution in [0.15, 0.2) is 12.2 Å². The van der Waals surface area contributed by atoms with Crippen LogP contribution in [0.3, 0.4) is 0 Å². The molecule has 12 heavy (non-hydrogen) atoms. The van der Waals surface area contributed by atoms with Crippen LogP contribution in [-0.4, -0.2) is 23.5 Å². The highest BCUT2D eigenvalue weighted by Crippen LogP contribution is 2.31. The van der Waals surface area contributed by atoms with Crippen molar-refractivity contribution in [2.45, 2.75) is 39.7 Å². The molecule has 1 nitrogen and oxygen atoms in total. The molecule has 0 amide bonds. The van der Waals surface area contributed by atoms with Crippen LogP contribution in [0, 0.1) is 5.92 Å². The van der Waals surface area contributed by atoms with E-state index in [1.807, 2.05) is 0 Å². The van der Waals surface area contributed by atoms with Gasteiger partial charge in [-0.25, -0.2) is 0 Å².